The number of hydrogen-bond acceptors (Lipinski definition) is 1. The predicted octanol–water partition coefficient (Wildman–Crippen LogP) is 2.51. The standard InChI is InChI=1S/C6H8F3S/c7-6(8,9)2-1-5-3-10-4-5/h2,5H,1,3-4H2. The van der Waals surface area contributed by atoms with Crippen molar-refractivity contribution in [1.29, 1.82) is 0 Å². The Bertz CT molecular complexity index is 106. The van der Waals surface area contributed by atoms with Gasteiger partial charge < -0.3 is 0 Å². The number of hydrogen-bond donors (Lipinski definition) is 0. The quantitative estimate of drug-likeness (QED) is 0.612. The van der Waals surface area contributed by atoms with Crippen molar-refractivity contribution < 1.29 is 13.2 Å². The fraction of sp³-hybridized carbons (Fsp3) is 0.833. The van der Waals surface area contributed by atoms with Crippen LogP contribution >= 0.6 is 11.8 Å². The summed E-state index contributed by atoms with van der Waals surface area (Å²) in [5.41, 5.74) is 0. The predicted molar refractivity (Wildman–Crippen MR) is 35.8 cm³/mol. The molecule has 59 valence electrons. The highest BCUT2D eigenvalue weighted by Crippen LogP contribution is 2.31. The molecule has 0 aromatic carbocycles. The lowest BCUT2D eigenvalue weighted by Crippen LogP contribution is -2.21. The highest BCUT2D eigenvalue weighted by Gasteiger charge is 2.30. The van der Waals surface area contributed by atoms with Crippen molar-refractivity contribution in [2.75, 3.05) is 11.5 Å². The van der Waals surface area contributed by atoms with Crippen LogP contribution in [0.5, 0.6) is 0 Å². The largest absolute Gasteiger partial charge is 0.392 e. The second-order valence-electron chi connectivity index (χ2n) is 2.38. The van der Waals surface area contributed by atoms with Crippen LogP contribution in [-0.2, 0) is 0 Å². The number of rotatable bonds is 2. The van der Waals surface area contributed by atoms with Crippen molar-refractivity contribution in [2.24, 2.45) is 5.92 Å². The maximum absolute atomic E-state index is 11.5. The zero-order valence-electron chi connectivity index (χ0n) is 5.32. The summed E-state index contributed by atoms with van der Waals surface area (Å²) in [7, 11) is 0. The Labute approximate surface area is 62.2 Å². The van der Waals surface area contributed by atoms with Gasteiger partial charge in [0, 0.05) is 0 Å². The van der Waals surface area contributed by atoms with Crippen molar-refractivity contribution >= 4 is 11.8 Å². The van der Waals surface area contributed by atoms with Gasteiger partial charge in [-0.15, -0.1) is 0 Å². The molecule has 1 saturated heterocycles. The average Bonchev–Trinajstić information content (AvgIpc) is 1.56. The van der Waals surface area contributed by atoms with E-state index in [0.29, 0.717) is 6.42 Å². The summed E-state index contributed by atoms with van der Waals surface area (Å²) >= 11 is 1.71. The number of halogens is 3. The lowest BCUT2D eigenvalue weighted by atomic mass is 10.1. The zero-order valence-corrected chi connectivity index (χ0v) is 6.13. The molecule has 0 aromatic heterocycles. The molecule has 4 heteroatoms. The Morgan fingerprint density at radius 2 is 2.00 bits per heavy atom. The first kappa shape index (κ1) is 8.24. The third-order valence-electron chi connectivity index (χ3n) is 1.39. The van der Waals surface area contributed by atoms with E-state index in [1.807, 2.05) is 0 Å². The van der Waals surface area contributed by atoms with Crippen LogP contribution in [0.1, 0.15) is 6.42 Å². The van der Waals surface area contributed by atoms with Gasteiger partial charge in [0.05, 0.1) is 6.42 Å². The van der Waals surface area contributed by atoms with Gasteiger partial charge in [0.1, 0.15) is 0 Å². The first-order valence-corrected chi connectivity index (χ1v) is 4.22. The maximum Gasteiger partial charge on any atom is 0.392 e. The van der Waals surface area contributed by atoms with Crippen LogP contribution in [0.3, 0.4) is 0 Å². The average molecular weight is 169 g/mol. The van der Waals surface area contributed by atoms with Gasteiger partial charge in [-0.1, -0.05) is 0 Å². The number of alkyl halides is 3. The van der Waals surface area contributed by atoms with Gasteiger partial charge in [-0.25, -0.2) is 0 Å². The molecule has 1 aliphatic rings. The molecule has 0 aliphatic carbocycles. The summed E-state index contributed by atoms with van der Waals surface area (Å²) in [6.07, 6.45) is -3.41. The Balaban J connectivity index is 2.04. The summed E-state index contributed by atoms with van der Waals surface area (Å²) in [5.74, 6) is 2.07. The first-order valence-electron chi connectivity index (χ1n) is 3.07. The number of thioether (sulfide) groups is 1. The van der Waals surface area contributed by atoms with Crippen LogP contribution in [0.4, 0.5) is 13.2 Å². The highest BCUT2D eigenvalue weighted by molar-refractivity contribution is 8.00. The van der Waals surface area contributed by atoms with Gasteiger partial charge in [0.25, 0.3) is 0 Å². The van der Waals surface area contributed by atoms with E-state index in [-0.39, 0.29) is 12.3 Å². The second kappa shape index (κ2) is 3.03. The molecule has 0 nitrogen and oxygen atoms in total. The minimum Gasteiger partial charge on any atom is -0.171 e. The topological polar surface area (TPSA) is 0 Å². The normalized spacial score (nSPS) is 20.7. The molecule has 0 saturated carbocycles. The SMILES string of the molecule is FC(F)(F)[CH]CC1CSC1. The van der Waals surface area contributed by atoms with Crippen molar-refractivity contribution in [3.63, 3.8) is 0 Å². The molecule has 1 radical (unpaired) electrons. The Hall–Kier alpha value is 0.140. The van der Waals surface area contributed by atoms with E-state index in [9.17, 15) is 13.2 Å². The summed E-state index contributed by atoms with van der Waals surface area (Å²) in [6, 6.07) is 0. The van der Waals surface area contributed by atoms with Gasteiger partial charge in [-0.2, -0.15) is 24.9 Å². The summed E-state index contributed by atoms with van der Waals surface area (Å²) < 4.78 is 34.5. The Morgan fingerprint density at radius 3 is 2.30 bits per heavy atom. The van der Waals surface area contributed by atoms with Gasteiger partial charge in [-0.3, -0.25) is 0 Å². The van der Waals surface area contributed by atoms with Crippen molar-refractivity contribution in [3.05, 3.63) is 6.42 Å². The summed E-state index contributed by atoms with van der Waals surface area (Å²) in [4.78, 5) is 0. The van der Waals surface area contributed by atoms with Crippen LogP contribution in [0.2, 0.25) is 0 Å². The zero-order chi connectivity index (χ0) is 7.61. The van der Waals surface area contributed by atoms with Crippen LogP contribution in [0.25, 0.3) is 0 Å². The molecule has 1 rings (SSSR count). The van der Waals surface area contributed by atoms with E-state index in [2.05, 4.69) is 0 Å². The molecule has 0 unspecified atom stereocenters. The van der Waals surface area contributed by atoms with Crippen LogP contribution in [0.15, 0.2) is 0 Å². The lowest BCUT2D eigenvalue weighted by Gasteiger charge is -2.24. The van der Waals surface area contributed by atoms with Gasteiger partial charge >= 0.3 is 6.18 Å². The van der Waals surface area contributed by atoms with E-state index < -0.39 is 6.18 Å². The molecule has 1 fully saturated rings. The van der Waals surface area contributed by atoms with E-state index in [1.165, 1.54) is 0 Å². The Kier molecular flexibility index (Phi) is 2.50. The fourth-order valence-corrected chi connectivity index (χ4v) is 1.56. The maximum atomic E-state index is 11.5. The first-order chi connectivity index (χ1) is 4.58. The molecule has 1 aliphatic heterocycles. The minimum atomic E-state index is -4.07. The molecule has 0 N–H and O–H groups in total. The summed E-state index contributed by atoms with van der Waals surface area (Å²) in [5, 5.41) is 0. The van der Waals surface area contributed by atoms with Crippen molar-refractivity contribution in [1.82, 2.24) is 0 Å². The van der Waals surface area contributed by atoms with E-state index in [0.717, 1.165) is 11.5 Å². The van der Waals surface area contributed by atoms with Gasteiger partial charge in [-0.05, 0) is 23.8 Å². The Morgan fingerprint density at radius 1 is 1.40 bits per heavy atom. The molecular weight excluding hydrogens is 161 g/mol. The van der Waals surface area contributed by atoms with Crippen LogP contribution in [-0.4, -0.2) is 17.7 Å². The van der Waals surface area contributed by atoms with E-state index in [1.54, 1.807) is 11.8 Å². The fourth-order valence-electron chi connectivity index (χ4n) is 0.721. The third-order valence-corrected chi connectivity index (χ3v) is 2.80. The minimum absolute atomic E-state index is 0.205. The lowest BCUT2D eigenvalue weighted by molar-refractivity contribution is -0.0993. The van der Waals surface area contributed by atoms with Crippen LogP contribution < -0.4 is 0 Å². The molecular formula is C6H8F3S. The molecule has 0 spiro atoms. The molecule has 1 heterocycles. The molecule has 0 atom stereocenters. The van der Waals surface area contributed by atoms with Gasteiger partial charge in [0.2, 0.25) is 0 Å². The smallest absolute Gasteiger partial charge is 0.171 e. The monoisotopic (exact) mass is 169 g/mol. The van der Waals surface area contributed by atoms with Crippen molar-refractivity contribution in [3.8, 4) is 0 Å². The van der Waals surface area contributed by atoms with Gasteiger partial charge in [0.15, 0.2) is 0 Å². The highest BCUT2D eigenvalue weighted by atomic mass is 32.2. The molecule has 0 bridgehead atoms. The summed E-state index contributed by atoms with van der Waals surface area (Å²) in [6.45, 7) is 0. The second-order valence-corrected chi connectivity index (χ2v) is 3.46. The molecule has 10 heavy (non-hydrogen) atoms. The molecule has 0 aromatic rings. The van der Waals surface area contributed by atoms with Crippen molar-refractivity contribution in [2.45, 2.75) is 12.6 Å². The van der Waals surface area contributed by atoms with E-state index in [4.69, 9.17) is 0 Å². The third kappa shape index (κ3) is 2.82. The van der Waals surface area contributed by atoms with E-state index >= 15 is 0 Å². The van der Waals surface area contributed by atoms with Crippen LogP contribution in [0, 0.1) is 12.3 Å². The molecule has 0 amide bonds.